The van der Waals surface area contributed by atoms with E-state index in [0.717, 1.165) is 5.69 Å². The van der Waals surface area contributed by atoms with Crippen LogP contribution >= 0.6 is 11.3 Å². The summed E-state index contributed by atoms with van der Waals surface area (Å²) in [5, 5.41) is 7.83. The number of hydrogen-bond donors (Lipinski definition) is 2. The molecule has 9 nitrogen and oxygen atoms in total. The number of aryl methyl sites for hydroxylation is 1. The fourth-order valence-electron chi connectivity index (χ4n) is 2.53. The Bertz CT molecular complexity index is 759. The molecule has 138 valence electrons. The Morgan fingerprint density at radius 2 is 1.88 bits per heavy atom. The largest absolute Gasteiger partial charge is 0.337 e. The van der Waals surface area contributed by atoms with Gasteiger partial charge in [0.1, 0.15) is 6.04 Å². The van der Waals surface area contributed by atoms with E-state index in [1.54, 1.807) is 30.3 Å². The van der Waals surface area contributed by atoms with Crippen molar-refractivity contribution in [1.82, 2.24) is 25.2 Å². The van der Waals surface area contributed by atoms with Crippen LogP contribution in [0.15, 0.2) is 23.8 Å². The molecule has 1 aliphatic heterocycles. The first-order valence-corrected chi connectivity index (χ1v) is 9.21. The van der Waals surface area contributed by atoms with Crippen LogP contribution in [0, 0.1) is 6.92 Å². The number of nitrogens with zero attached hydrogens (tertiary/aromatic N) is 5. The third-order valence-electron chi connectivity index (χ3n) is 3.98. The molecular weight excluding hydrogens is 354 g/mol. The Hall–Kier alpha value is -2.75. The highest BCUT2D eigenvalue weighted by atomic mass is 32.1. The van der Waals surface area contributed by atoms with Crippen molar-refractivity contribution in [2.45, 2.75) is 19.9 Å². The average Bonchev–Trinajstić information content (AvgIpc) is 3.07. The summed E-state index contributed by atoms with van der Waals surface area (Å²) in [5.41, 5.74) is 0.849. The molecular formula is C16H21N7O2S. The van der Waals surface area contributed by atoms with Crippen molar-refractivity contribution in [2.24, 2.45) is 0 Å². The molecule has 2 N–H and O–H groups in total. The first-order chi connectivity index (χ1) is 12.5. The van der Waals surface area contributed by atoms with Crippen LogP contribution in [0.3, 0.4) is 0 Å². The zero-order chi connectivity index (χ0) is 18.5. The number of carbonyl (C=O) groups excluding carboxylic acids is 2. The molecule has 1 saturated heterocycles. The van der Waals surface area contributed by atoms with E-state index in [9.17, 15) is 9.59 Å². The second-order valence-electron chi connectivity index (χ2n) is 5.98. The third-order valence-corrected chi connectivity index (χ3v) is 4.86. The molecule has 0 aliphatic carbocycles. The number of urea groups is 1. The molecule has 1 aliphatic rings. The molecule has 0 radical (unpaired) electrons. The van der Waals surface area contributed by atoms with Crippen molar-refractivity contribution < 1.29 is 9.59 Å². The predicted octanol–water partition coefficient (Wildman–Crippen LogP) is 1.10. The quantitative estimate of drug-likeness (QED) is 0.829. The monoisotopic (exact) mass is 375 g/mol. The summed E-state index contributed by atoms with van der Waals surface area (Å²) in [4.78, 5) is 40.9. The van der Waals surface area contributed by atoms with Crippen LogP contribution < -0.4 is 15.5 Å². The first-order valence-electron chi connectivity index (χ1n) is 8.33. The molecule has 0 bridgehead atoms. The molecule has 3 amide bonds. The summed E-state index contributed by atoms with van der Waals surface area (Å²) in [6.45, 7) is 5.90. The van der Waals surface area contributed by atoms with E-state index >= 15 is 0 Å². The number of piperazine rings is 1. The highest BCUT2D eigenvalue weighted by Crippen LogP contribution is 2.14. The summed E-state index contributed by atoms with van der Waals surface area (Å²) in [6.07, 6.45) is 3.40. The molecule has 2 aromatic heterocycles. The molecule has 3 rings (SSSR count). The van der Waals surface area contributed by atoms with E-state index < -0.39 is 6.04 Å². The zero-order valence-corrected chi connectivity index (χ0v) is 15.5. The maximum Gasteiger partial charge on any atom is 0.318 e. The van der Waals surface area contributed by atoms with Crippen LogP contribution in [-0.2, 0) is 4.79 Å². The van der Waals surface area contributed by atoms with Gasteiger partial charge in [0.05, 0.1) is 5.69 Å². The van der Waals surface area contributed by atoms with Gasteiger partial charge in [0.2, 0.25) is 11.9 Å². The number of thiazole rings is 1. The van der Waals surface area contributed by atoms with Crippen molar-refractivity contribution in [3.63, 3.8) is 0 Å². The lowest BCUT2D eigenvalue weighted by atomic mass is 10.3. The van der Waals surface area contributed by atoms with Crippen LogP contribution in [0.1, 0.15) is 12.6 Å². The van der Waals surface area contributed by atoms with Crippen molar-refractivity contribution in [2.75, 3.05) is 36.4 Å². The fourth-order valence-corrected chi connectivity index (χ4v) is 3.22. The van der Waals surface area contributed by atoms with Gasteiger partial charge in [-0.1, -0.05) is 0 Å². The average molecular weight is 375 g/mol. The first kappa shape index (κ1) is 18.1. The second-order valence-corrected chi connectivity index (χ2v) is 6.84. The molecule has 0 spiro atoms. The van der Waals surface area contributed by atoms with Gasteiger partial charge in [0, 0.05) is 44.0 Å². The van der Waals surface area contributed by atoms with Crippen LogP contribution in [0.2, 0.25) is 0 Å². The van der Waals surface area contributed by atoms with Gasteiger partial charge in [-0.2, -0.15) is 0 Å². The third kappa shape index (κ3) is 4.45. The highest BCUT2D eigenvalue weighted by Gasteiger charge is 2.25. The number of amides is 3. The predicted molar refractivity (Wildman–Crippen MR) is 99.3 cm³/mol. The minimum absolute atomic E-state index is 0.253. The standard InChI is InChI=1S/C16H21N7O2S/c1-11-10-26-15(19-11)21-13(24)12(2)20-16(25)23-8-6-22(7-9-23)14-17-4-3-5-18-14/h3-5,10,12H,6-9H2,1-2H3,(H,20,25)(H,19,21,24)/t12-/m0/s1. The highest BCUT2D eigenvalue weighted by molar-refractivity contribution is 7.13. The van der Waals surface area contributed by atoms with Gasteiger partial charge in [-0.25, -0.2) is 19.7 Å². The molecule has 10 heteroatoms. The SMILES string of the molecule is Cc1csc(NC(=O)[C@H](C)NC(=O)N2CCN(c3ncccn3)CC2)n1. The van der Waals surface area contributed by atoms with Crippen LogP contribution in [0.5, 0.6) is 0 Å². The number of anilines is 2. The van der Waals surface area contributed by atoms with Gasteiger partial charge in [-0.05, 0) is 19.9 Å². The molecule has 0 unspecified atom stereocenters. The van der Waals surface area contributed by atoms with E-state index in [0.29, 0.717) is 37.3 Å². The van der Waals surface area contributed by atoms with Gasteiger partial charge in [-0.15, -0.1) is 11.3 Å². The maximum absolute atomic E-state index is 12.4. The van der Waals surface area contributed by atoms with E-state index in [2.05, 4.69) is 25.6 Å². The lowest BCUT2D eigenvalue weighted by Crippen LogP contribution is -2.55. The van der Waals surface area contributed by atoms with Gasteiger partial charge in [0.15, 0.2) is 5.13 Å². The van der Waals surface area contributed by atoms with Crippen molar-refractivity contribution in [3.05, 3.63) is 29.5 Å². The van der Waals surface area contributed by atoms with Crippen molar-refractivity contribution in [1.29, 1.82) is 0 Å². The smallest absolute Gasteiger partial charge is 0.318 e. The van der Waals surface area contributed by atoms with Gasteiger partial charge in [-0.3, -0.25) is 4.79 Å². The molecule has 0 aromatic carbocycles. The molecule has 26 heavy (non-hydrogen) atoms. The molecule has 2 aromatic rings. The number of hydrogen-bond acceptors (Lipinski definition) is 7. The Morgan fingerprint density at radius 3 is 2.50 bits per heavy atom. The summed E-state index contributed by atoms with van der Waals surface area (Å²) in [6, 6.07) is 0.867. The molecule has 3 heterocycles. The minimum Gasteiger partial charge on any atom is -0.337 e. The Labute approximate surface area is 155 Å². The number of aromatic nitrogens is 3. The van der Waals surface area contributed by atoms with Crippen molar-refractivity contribution >= 4 is 34.4 Å². The van der Waals surface area contributed by atoms with Crippen LogP contribution in [0.4, 0.5) is 15.9 Å². The fraction of sp³-hybridized carbons (Fsp3) is 0.438. The summed E-state index contributed by atoms with van der Waals surface area (Å²) in [7, 11) is 0. The summed E-state index contributed by atoms with van der Waals surface area (Å²) in [5.74, 6) is 0.378. The van der Waals surface area contributed by atoms with Crippen LogP contribution in [0.25, 0.3) is 0 Å². The zero-order valence-electron chi connectivity index (χ0n) is 14.7. The number of carbonyl (C=O) groups is 2. The van der Waals surface area contributed by atoms with Gasteiger partial charge in [0.25, 0.3) is 0 Å². The maximum atomic E-state index is 12.4. The Kier molecular flexibility index (Phi) is 5.61. The van der Waals surface area contributed by atoms with E-state index in [-0.39, 0.29) is 11.9 Å². The topological polar surface area (TPSA) is 103 Å². The van der Waals surface area contributed by atoms with E-state index in [4.69, 9.17) is 0 Å². The summed E-state index contributed by atoms with van der Waals surface area (Å²) < 4.78 is 0. The lowest BCUT2D eigenvalue weighted by molar-refractivity contribution is -0.117. The summed E-state index contributed by atoms with van der Waals surface area (Å²) >= 11 is 1.36. The number of rotatable bonds is 4. The number of nitrogens with one attached hydrogen (secondary N) is 2. The Morgan fingerprint density at radius 1 is 1.19 bits per heavy atom. The van der Waals surface area contributed by atoms with E-state index in [1.165, 1.54) is 11.3 Å². The van der Waals surface area contributed by atoms with Crippen molar-refractivity contribution in [3.8, 4) is 0 Å². The Balaban J connectivity index is 1.47. The second kappa shape index (κ2) is 8.09. The molecule has 1 fully saturated rings. The van der Waals surface area contributed by atoms with Crippen LogP contribution in [-0.4, -0.2) is 64.0 Å². The molecule has 0 saturated carbocycles. The molecule has 1 atom stereocenters. The van der Waals surface area contributed by atoms with Gasteiger partial charge < -0.3 is 20.4 Å². The normalized spacial score (nSPS) is 15.5. The minimum atomic E-state index is -0.651. The van der Waals surface area contributed by atoms with E-state index in [1.807, 2.05) is 17.2 Å². The van der Waals surface area contributed by atoms with Gasteiger partial charge >= 0.3 is 6.03 Å². The lowest BCUT2D eigenvalue weighted by Gasteiger charge is -2.35.